The second kappa shape index (κ2) is 9.30. The predicted octanol–water partition coefficient (Wildman–Crippen LogP) is 4.10. The average molecular weight is 437 g/mol. The number of hydrogen-bond acceptors (Lipinski definition) is 5. The van der Waals surface area contributed by atoms with Gasteiger partial charge in [-0.05, 0) is 30.7 Å². The number of fused-ring (bicyclic) bond motifs is 2. The van der Waals surface area contributed by atoms with Gasteiger partial charge in [-0.3, -0.25) is 29.4 Å². The largest absolute Gasteiger partial charge is 0.292 e. The first-order valence-electron chi connectivity index (χ1n) is 11.1. The van der Waals surface area contributed by atoms with E-state index in [1.54, 1.807) is 0 Å². The van der Waals surface area contributed by atoms with Gasteiger partial charge in [0.2, 0.25) is 0 Å². The molecular formula is C27H24N4O2. The summed E-state index contributed by atoms with van der Waals surface area (Å²) in [4.78, 5) is 37.0. The van der Waals surface area contributed by atoms with Crippen molar-refractivity contribution in [1.82, 2.24) is 19.8 Å². The molecule has 6 nitrogen and oxygen atoms in total. The van der Waals surface area contributed by atoms with Crippen LogP contribution < -0.4 is 0 Å². The Labute approximate surface area is 192 Å². The maximum Gasteiger partial charge on any atom is 0.253 e. The first kappa shape index (κ1) is 21.0. The van der Waals surface area contributed by atoms with Crippen molar-refractivity contribution in [1.29, 1.82) is 0 Å². The summed E-state index contributed by atoms with van der Waals surface area (Å²) < 4.78 is 0. The number of benzene rings is 2. The molecule has 0 spiro atoms. The van der Waals surface area contributed by atoms with E-state index in [0.717, 1.165) is 33.2 Å². The van der Waals surface area contributed by atoms with Gasteiger partial charge in [-0.25, -0.2) is 0 Å². The molecule has 0 radical (unpaired) electrons. The van der Waals surface area contributed by atoms with Gasteiger partial charge in [-0.1, -0.05) is 48.5 Å². The molecule has 0 aliphatic carbocycles. The minimum absolute atomic E-state index is 0.237. The molecule has 6 heteroatoms. The number of imide groups is 1. The zero-order valence-corrected chi connectivity index (χ0v) is 18.2. The van der Waals surface area contributed by atoms with Crippen molar-refractivity contribution in [2.24, 2.45) is 0 Å². The molecule has 2 amide bonds. The van der Waals surface area contributed by atoms with Crippen molar-refractivity contribution in [3.63, 3.8) is 0 Å². The highest BCUT2D eigenvalue weighted by Gasteiger charge is 2.23. The van der Waals surface area contributed by atoms with Crippen LogP contribution in [0.15, 0.2) is 84.9 Å². The van der Waals surface area contributed by atoms with Crippen LogP contribution in [-0.2, 0) is 22.7 Å². The van der Waals surface area contributed by atoms with Crippen molar-refractivity contribution < 1.29 is 9.59 Å². The topological polar surface area (TPSA) is 66.4 Å². The van der Waals surface area contributed by atoms with Crippen molar-refractivity contribution in [2.75, 3.05) is 13.1 Å². The van der Waals surface area contributed by atoms with Gasteiger partial charge in [0.1, 0.15) is 0 Å². The number of carbonyl (C=O) groups excluding carboxylic acids is 2. The smallest absolute Gasteiger partial charge is 0.253 e. The Balaban J connectivity index is 1.34. The van der Waals surface area contributed by atoms with Gasteiger partial charge in [0.05, 0.1) is 22.4 Å². The minimum Gasteiger partial charge on any atom is -0.292 e. The lowest BCUT2D eigenvalue weighted by molar-refractivity contribution is -0.136. The van der Waals surface area contributed by atoms with E-state index in [1.165, 1.54) is 17.1 Å². The predicted molar refractivity (Wildman–Crippen MR) is 128 cm³/mol. The standard InChI is InChI=1S/C27H24N4O2/c32-26-14-15-27(33)31(26)17-5-16-30(18-22-12-10-20-6-1-3-8-24(20)28-22)19-23-13-11-21-7-2-4-9-25(21)29-23/h1-4,6-15H,5,16-19H2. The van der Waals surface area contributed by atoms with Gasteiger partial charge in [-0.2, -0.15) is 0 Å². The van der Waals surface area contributed by atoms with E-state index in [1.807, 2.05) is 36.4 Å². The minimum atomic E-state index is -0.237. The fourth-order valence-corrected chi connectivity index (χ4v) is 4.17. The molecule has 1 aliphatic heterocycles. The van der Waals surface area contributed by atoms with Crippen LogP contribution in [0.25, 0.3) is 21.8 Å². The zero-order valence-electron chi connectivity index (χ0n) is 18.2. The fraction of sp³-hybridized carbons (Fsp3) is 0.185. The van der Waals surface area contributed by atoms with Crippen LogP contribution in [0.2, 0.25) is 0 Å². The van der Waals surface area contributed by atoms with E-state index in [2.05, 4.69) is 41.3 Å². The Morgan fingerprint density at radius 1 is 0.667 bits per heavy atom. The molecule has 0 N–H and O–H groups in total. The van der Waals surface area contributed by atoms with Crippen LogP contribution in [0.4, 0.5) is 0 Å². The number of para-hydroxylation sites is 2. The molecule has 2 aromatic carbocycles. The van der Waals surface area contributed by atoms with Crippen LogP contribution in [0.1, 0.15) is 17.8 Å². The van der Waals surface area contributed by atoms with E-state index in [-0.39, 0.29) is 11.8 Å². The Bertz CT molecular complexity index is 1270. The first-order chi connectivity index (χ1) is 16.2. The molecular weight excluding hydrogens is 412 g/mol. The number of amides is 2. The number of nitrogens with zero attached hydrogens (tertiary/aromatic N) is 4. The van der Waals surface area contributed by atoms with Crippen molar-refractivity contribution in [2.45, 2.75) is 19.5 Å². The SMILES string of the molecule is O=C1C=CC(=O)N1CCCN(Cc1ccc2ccccc2n1)Cc1ccc2ccccc2n1. The van der Waals surface area contributed by atoms with Gasteiger partial charge in [0, 0.05) is 49.1 Å². The molecule has 1 aliphatic rings. The Hall–Kier alpha value is -3.90. The van der Waals surface area contributed by atoms with E-state index in [9.17, 15) is 9.59 Å². The van der Waals surface area contributed by atoms with Gasteiger partial charge in [0.25, 0.3) is 11.8 Å². The van der Waals surface area contributed by atoms with Crippen LogP contribution in [-0.4, -0.2) is 44.7 Å². The second-order valence-corrected chi connectivity index (χ2v) is 8.22. The third-order valence-corrected chi connectivity index (χ3v) is 5.84. The van der Waals surface area contributed by atoms with Crippen LogP contribution in [0, 0.1) is 0 Å². The number of rotatable bonds is 8. The number of carbonyl (C=O) groups is 2. The molecule has 4 aromatic rings. The lowest BCUT2D eigenvalue weighted by Gasteiger charge is -2.23. The van der Waals surface area contributed by atoms with Gasteiger partial charge in [-0.15, -0.1) is 0 Å². The number of pyridine rings is 2. The number of hydrogen-bond donors (Lipinski definition) is 0. The molecule has 3 heterocycles. The lowest BCUT2D eigenvalue weighted by atomic mass is 10.2. The van der Waals surface area contributed by atoms with Crippen molar-refractivity contribution in [3.8, 4) is 0 Å². The summed E-state index contributed by atoms with van der Waals surface area (Å²) >= 11 is 0. The summed E-state index contributed by atoms with van der Waals surface area (Å²) in [6.07, 6.45) is 3.34. The summed E-state index contributed by atoms with van der Waals surface area (Å²) in [6.45, 7) is 2.41. The fourth-order valence-electron chi connectivity index (χ4n) is 4.17. The van der Waals surface area contributed by atoms with Crippen LogP contribution in [0.3, 0.4) is 0 Å². The molecule has 0 saturated carbocycles. The quantitative estimate of drug-likeness (QED) is 0.389. The van der Waals surface area contributed by atoms with E-state index >= 15 is 0 Å². The Kier molecular flexibility index (Phi) is 5.91. The van der Waals surface area contributed by atoms with Gasteiger partial charge in [0.15, 0.2) is 0 Å². The van der Waals surface area contributed by atoms with Crippen molar-refractivity contribution in [3.05, 3.63) is 96.3 Å². The van der Waals surface area contributed by atoms with Crippen molar-refractivity contribution >= 4 is 33.6 Å². The lowest BCUT2D eigenvalue weighted by Crippen LogP contribution is -2.33. The maximum absolute atomic E-state index is 11.9. The third-order valence-electron chi connectivity index (χ3n) is 5.84. The first-order valence-corrected chi connectivity index (χ1v) is 11.1. The van der Waals surface area contributed by atoms with Crippen LogP contribution in [0.5, 0.6) is 0 Å². The highest BCUT2D eigenvalue weighted by atomic mass is 16.2. The normalized spacial score (nSPS) is 13.7. The molecule has 0 bridgehead atoms. The monoisotopic (exact) mass is 436 g/mol. The second-order valence-electron chi connectivity index (χ2n) is 8.22. The van der Waals surface area contributed by atoms with Crippen LogP contribution >= 0.6 is 0 Å². The average Bonchev–Trinajstić information content (AvgIpc) is 3.16. The van der Waals surface area contributed by atoms with E-state index in [0.29, 0.717) is 32.6 Å². The summed E-state index contributed by atoms with van der Waals surface area (Å²) in [5.74, 6) is -0.474. The molecule has 0 saturated heterocycles. The highest BCUT2D eigenvalue weighted by Crippen LogP contribution is 2.17. The zero-order chi connectivity index (χ0) is 22.6. The van der Waals surface area contributed by atoms with Gasteiger partial charge >= 0.3 is 0 Å². The molecule has 5 rings (SSSR count). The third kappa shape index (κ3) is 4.81. The molecule has 164 valence electrons. The molecule has 0 unspecified atom stereocenters. The summed E-state index contributed by atoms with van der Waals surface area (Å²) in [5.41, 5.74) is 3.89. The molecule has 2 aromatic heterocycles. The number of aromatic nitrogens is 2. The Morgan fingerprint density at radius 3 is 1.73 bits per heavy atom. The summed E-state index contributed by atoms with van der Waals surface area (Å²) in [7, 11) is 0. The van der Waals surface area contributed by atoms with E-state index in [4.69, 9.17) is 9.97 Å². The molecule has 33 heavy (non-hydrogen) atoms. The maximum atomic E-state index is 11.9. The molecule has 0 fully saturated rings. The summed E-state index contributed by atoms with van der Waals surface area (Å²) in [6, 6.07) is 24.5. The highest BCUT2D eigenvalue weighted by molar-refractivity contribution is 6.12. The Morgan fingerprint density at radius 2 is 1.18 bits per heavy atom. The van der Waals surface area contributed by atoms with Gasteiger partial charge < -0.3 is 0 Å². The molecule has 0 atom stereocenters. The summed E-state index contributed by atoms with van der Waals surface area (Å²) in [5, 5.41) is 2.23. The van der Waals surface area contributed by atoms with E-state index < -0.39 is 0 Å².